The second-order valence-electron chi connectivity index (χ2n) is 7.08. The summed E-state index contributed by atoms with van der Waals surface area (Å²) >= 11 is 0. The molecule has 2 aromatic rings. The van der Waals surface area contributed by atoms with E-state index in [4.69, 9.17) is 5.73 Å². The molecular weight excluding hydrogens is 382 g/mol. The number of aromatic amines is 1. The van der Waals surface area contributed by atoms with Crippen LogP contribution < -0.4 is 21.9 Å². The first-order chi connectivity index (χ1) is 14.4. The molecule has 8 heteroatoms. The number of carbonyl (C=O) groups is 1. The summed E-state index contributed by atoms with van der Waals surface area (Å²) in [7, 11) is 0. The fourth-order valence-electron chi connectivity index (χ4n) is 3.32. The van der Waals surface area contributed by atoms with Gasteiger partial charge in [-0.3, -0.25) is 24.0 Å². The van der Waals surface area contributed by atoms with Crippen LogP contribution in [-0.2, 0) is 17.9 Å². The predicted octanol–water partition coefficient (Wildman–Crippen LogP) is 1.96. The molecule has 1 heterocycles. The Morgan fingerprint density at radius 2 is 1.93 bits per heavy atom. The highest BCUT2D eigenvalue weighted by Crippen LogP contribution is 2.18. The number of hydrogen-bond donors (Lipinski definition) is 2. The van der Waals surface area contributed by atoms with Gasteiger partial charge in [-0.2, -0.15) is 0 Å². The van der Waals surface area contributed by atoms with Crippen molar-refractivity contribution < 1.29 is 4.79 Å². The molecule has 0 saturated heterocycles. The van der Waals surface area contributed by atoms with Crippen LogP contribution in [0, 0.1) is 0 Å². The quantitative estimate of drug-likeness (QED) is 0.548. The third-order valence-corrected chi connectivity index (χ3v) is 4.83. The van der Waals surface area contributed by atoms with Crippen molar-refractivity contribution in [2.24, 2.45) is 0 Å². The molecule has 0 aliphatic heterocycles. The van der Waals surface area contributed by atoms with E-state index < -0.39 is 11.2 Å². The van der Waals surface area contributed by atoms with E-state index >= 15 is 0 Å². The fraction of sp³-hybridized carbons (Fsp3) is 0.409. The number of nitrogen functional groups attached to an aromatic ring is 1. The highest BCUT2D eigenvalue weighted by molar-refractivity contribution is 5.96. The monoisotopic (exact) mass is 413 g/mol. The average Bonchev–Trinajstić information content (AvgIpc) is 2.71. The van der Waals surface area contributed by atoms with E-state index in [1.165, 1.54) is 9.47 Å². The van der Waals surface area contributed by atoms with Gasteiger partial charge in [0.15, 0.2) is 5.69 Å². The number of nitrogens with two attached hydrogens (primary N) is 1. The van der Waals surface area contributed by atoms with Gasteiger partial charge in [0, 0.05) is 26.2 Å². The van der Waals surface area contributed by atoms with Crippen molar-refractivity contribution in [2.75, 3.05) is 30.3 Å². The molecule has 2 rings (SSSR count). The van der Waals surface area contributed by atoms with Crippen LogP contribution in [0.1, 0.15) is 32.3 Å². The van der Waals surface area contributed by atoms with Gasteiger partial charge in [0.25, 0.3) is 5.56 Å². The van der Waals surface area contributed by atoms with E-state index in [1.807, 2.05) is 42.2 Å². The molecule has 0 atom stereocenters. The van der Waals surface area contributed by atoms with Crippen LogP contribution in [0.25, 0.3) is 0 Å². The first-order valence-corrected chi connectivity index (χ1v) is 10.2. The van der Waals surface area contributed by atoms with Crippen molar-refractivity contribution in [3.63, 3.8) is 0 Å². The van der Waals surface area contributed by atoms with Crippen molar-refractivity contribution >= 4 is 17.4 Å². The Bertz CT molecular complexity index is 965. The maximum Gasteiger partial charge on any atom is 0.330 e. The van der Waals surface area contributed by atoms with Gasteiger partial charge in [0.2, 0.25) is 5.91 Å². The van der Waals surface area contributed by atoms with Gasteiger partial charge >= 0.3 is 5.69 Å². The number of anilines is 2. The number of aromatic nitrogens is 2. The zero-order valence-electron chi connectivity index (χ0n) is 17.8. The smallest absolute Gasteiger partial charge is 0.330 e. The molecular formula is C22H31N5O3. The highest BCUT2D eigenvalue weighted by atomic mass is 16.2. The summed E-state index contributed by atoms with van der Waals surface area (Å²) < 4.78 is 1.32. The second-order valence-corrected chi connectivity index (χ2v) is 7.08. The molecule has 30 heavy (non-hydrogen) atoms. The Hall–Kier alpha value is -3.13. The number of hydrogen-bond acceptors (Lipinski definition) is 5. The van der Waals surface area contributed by atoms with Crippen LogP contribution in [0.2, 0.25) is 0 Å². The molecule has 0 aliphatic rings. The summed E-state index contributed by atoms with van der Waals surface area (Å²) in [6, 6.07) is 9.81. The summed E-state index contributed by atoms with van der Waals surface area (Å²) in [6.45, 7) is 9.34. The van der Waals surface area contributed by atoms with E-state index in [0.29, 0.717) is 19.6 Å². The molecule has 3 N–H and O–H groups in total. The molecule has 1 amide bonds. The molecule has 162 valence electrons. The minimum absolute atomic E-state index is 0.0192. The number of benzene rings is 1. The molecule has 0 spiro atoms. The largest absolute Gasteiger partial charge is 0.383 e. The van der Waals surface area contributed by atoms with E-state index in [-0.39, 0.29) is 30.5 Å². The number of likely N-dealkylation sites (N-methyl/N-ethyl adjacent to an activating group) is 1. The number of rotatable bonds is 11. The van der Waals surface area contributed by atoms with Crippen molar-refractivity contribution in [3.05, 3.63) is 69.4 Å². The molecule has 0 aliphatic carbocycles. The first-order valence-electron chi connectivity index (χ1n) is 10.2. The van der Waals surface area contributed by atoms with Gasteiger partial charge < -0.3 is 10.6 Å². The van der Waals surface area contributed by atoms with Crippen LogP contribution in [0.15, 0.2) is 52.6 Å². The molecule has 0 unspecified atom stereocenters. The molecule has 1 aromatic carbocycles. The van der Waals surface area contributed by atoms with Gasteiger partial charge in [-0.1, -0.05) is 49.8 Å². The van der Waals surface area contributed by atoms with Crippen LogP contribution >= 0.6 is 0 Å². The Morgan fingerprint density at radius 1 is 1.23 bits per heavy atom. The first kappa shape index (κ1) is 23.2. The zero-order valence-corrected chi connectivity index (χ0v) is 17.8. The lowest BCUT2D eigenvalue weighted by Gasteiger charge is -2.27. The lowest BCUT2D eigenvalue weighted by molar-refractivity contribution is -0.119. The van der Waals surface area contributed by atoms with Crippen LogP contribution in [0.3, 0.4) is 0 Å². The summed E-state index contributed by atoms with van der Waals surface area (Å²) in [5, 5.41) is 0. The predicted molar refractivity (Wildman–Crippen MR) is 121 cm³/mol. The SMILES string of the molecule is C=CCN(CC(=O)N(CC)c1c(N)n(CCCC)c(=O)[nH]c1=O)Cc1ccccc1. The van der Waals surface area contributed by atoms with Crippen LogP contribution in [0.5, 0.6) is 0 Å². The van der Waals surface area contributed by atoms with Gasteiger partial charge in [-0.05, 0) is 18.9 Å². The average molecular weight is 414 g/mol. The summed E-state index contributed by atoms with van der Waals surface area (Å²) in [5.41, 5.74) is 6.05. The minimum Gasteiger partial charge on any atom is -0.383 e. The Balaban J connectivity index is 2.31. The molecule has 1 aromatic heterocycles. The molecule has 0 bridgehead atoms. The Morgan fingerprint density at radius 3 is 2.53 bits per heavy atom. The van der Waals surface area contributed by atoms with Crippen LogP contribution in [-0.4, -0.2) is 40.0 Å². The number of nitrogens with one attached hydrogen (secondary N) is 1. The van der Waals surface area contributed by atoms with Gasteiger partial charge in [0.05, 0.1) is 6.54 Å². The summed E-state index contributed by atoms with van der Waals surface area (Å²) in [4.78, 5) is 43.4. The van der Waals surface area contributed by atoms with E-state index in [0.717, 1.165) is 18.4 Å². The zero-order chi connectivity index (χ0) is 22.1. The maximum atomic E-state index is 13.1. The third kappa shape index (κ3) is 5.70. The van der Waals surface area contributed by atoms with E-state index in [1.54, 1.807) is 13.0 Å². The lowest BCUT2D eigenvalue weighted by atomic mass is 10.2. The lowest BCUT2D eigenvalue weighted by Crippen LogP contribution is -2.45. The number of H-pyrrole nitrogens is 1. The van der Waals surface area contributed by atoms with E-state index in [9.17, 15) is 14.4 Å². The Kier molecular flexibility index (Phi) is 8.61. The Labute approximate surface area is 176 Å². The number of unbranched alkanes of at least 4 members (excludes halogenated alkanes) is 1. The third-order valence-electron chi connectivity index (χ3n) is 4.83. The highest BCUT2D eigenvalue weighted by Gasteiger charge is 2.24. The number of carbonyl (C=O) groups excluding carboxylic acids is 1. The van der Waals surface area contributed by atoms with Crippen molar-refractivity contribution in [1.29, 1.82) is 0 Å². The maximum absolute atomic E-state index is 13.1. The van der Waals surface area contributed by atoms with Crippen molar-refractivity contribution in [3.8, 4) is 0 Å². The van der Waals surface area contributed by atoms with Crippen molar-refractivity contribution in [2.45, 2.75) is 39.8 Å². The van der Waals surface area contributed by atoms with Crippen LogP contribution in [0.4, 0.5) is 11.5 Å². The second kappa shape index (κ2) is 11.2. The molecule has 0 fully saturated rings. The van der Waals surface area contributed by atoms with Gasteiger partial charge in [0.1, 0.15) is 5.82 Å². The standard InChI is InChI=1S/C22H31N5O3/c1-4-7-14-27-20(23)19(21(29)24-22(27)30)26(6-3)18(28)16-25(13-5-2)15-17-11-9-8-10-12-17/h5,8-12H,2,4,6-7,13-16,23H2,1,3H3,(H,24,29,30). The van der Waals surface area contributed by atoms with Gasteiger partial charge in [-0.15, -0.1) is 6.58 Å². The number of amides is 1. The summed E-state index contributed by atoms with van der Waals surface area (Å²) in [5.74, 6) is -0.251. The summed E-state index contributed by atoms with van der Waals surface area (Å²) in [6.07, 6.45) is 3.34. The molecule has 8 nitrogen and oxygen atoms in total. The normalized spacial score (nSPS) is 10.9. The van der Waals surface area contributed by atoms with E-state index in [2.05, 4.69) is 11.6 Å². The topological polar surface area (TPSA) is 104 Å². The fourth-order valence-corrected chi connectivity index (χ4v) is 3.32. The minimum atomic E-state index is -0.654. The van der Waals surface area contributed by atoms with Gasteiger partial charge in [-0.25, -0.2) is 4.79 Å². The van der Waals surface area contributed by atoms with Crippen molar-refractivity contribution in [1.82, 2.24) is 14.5 Å². The molecule has 0 saturated carbocycles. The molecule has 0 radical (unpaired) electrons. The number of nitrogens with zero attached hydrogens (tertiary/aromatic N) is 3.